The summed E-state index contributed by atoms with van der Waals surface area (Å²) in [6, 6.07) is 18.5. The van der Waals surface area contributed by atoms with Crippen LogP contribution in [0.5, 0.6) is 0 Å². The molecule has 37 heavy (non-hydrogen) atoms. The smallest absolute Gasteiger partial charge is 0.159 e. The Morgan fingerprint density at radius 1 is 0.973 bits per heavy atom. The highest BCUT2D eigenvalue weighted by atomic mass is 32.1. The summed E-state index contributed by atoms with van der Waals surface area (Å²) in [6.45, 7) is 4.65. The van der Waals surface area contributed by atoms with Gasteiger partial charge in [-0.15, -0.1) is 11.3 Å². The molecule has 1 N–H and O–H groups in total. The molecule has 6 rings (SSSR count). The molecule has 5 nitrogen and oxygen atoms in total. The number of hydrogen-bond donors (Lipinski definition) is 1. The van der Waals surface area contributed by atoms with E-state index in [1.54, 1.807) is 29.9 Å². The van der Waals surface area contributed by atoms with Gasteiger partial charge in [0.1, 0.15) is 18.0 Å². The van der Waals surface area contributed by atoms with Crippen molar-refractivity contribution in [1.82, 2.24) is 15.0 Å². The number of aromatic nitrogens is 3. The van der Waals surface area contributed by atoms with Gasteiger partial charge in [-0.3, -0.25) is 0 Å². The molecule has 2 aromatic carbocycles. The van der Waals surface area contributed by atoms with Crippen LogP contribution < -0.4 is 10.2 Å². The van der Waals surface area contributed by atoms with E-state index in [-0.39, 0.29) is 5.92 Å². The van der Waals surface area contributed by atoms with E-state index in [1.807, 2.05) is 19.1 Å². The maximum absolute atomic E-state index is 13.8. The van der Waals surface area contributed by atoms with Crippen LogP contribution in [0.1, 0.15) is 35.3 Å². The molecule has 0 aliphatic carbocycles. The van der Waals surface area contributed by atoms with Gasteiger partial charge in [-0.1, -0.05) is 25.1 Å². The summed E-state index contributed by atoms with van der Waals surface area (Å²) in [5, 5.41) is 4.53. The molecule has 8 heteroatoms. The summed E-state index contributed by atoms with van der Waals surface area (Å²) in [4.78, 5) is 18.2. The fourth-order valence-corrected chi connectivity index (χ4v) is 5.60. The van der Waals surface area contributed by atoms with Crippen LogP contribution in [0.25, 0.3) is 21.3 Å². The van der Waals surface area contributed by atoms with Crippen LogP contribution in [0, 0.1) is 11.6 Å². The molecule has 3 aromatic heterocycles. The molecular weight excluding hydrogens is 488 g/mol. The summed E-state index contributed by atoms with van der Waals surface area (Å²) >= 11 is 1.73. The van der Waals surface area contributed by atoms with Crippen LogP contribution in [0.3, 0.4) is 0 Å². The molecule has 5 aromatic rings. The topological polar surface area (TPSA) is 53.9 Å². The molecule has 1 fully saturated rings. The minimum absolute atomic E-state index is 0.148. The van der Waals surface area contributed by atoms with Gasteiger partial charge < -0.3 is 10.2 Å². The van der Waals surface area contributed by atoms with E-state index in [0.717, 1.165) is 46.8 Å². The lowest BCUT2D eigenvalue weighted by Gasteiger charge is -2.32. The number of hydrogen-bond acceptors (Lipinski definition) is 6. The zero-order chi connectivity index (χ0) is 25.4. The van der Waals surface area contributed by atoms with Crippen molar-refractivity contribution in [3.63, 3.8) is 0 Å². The number of thiophene rings is 1. The third kappa shape index (κ3) is 4.64. The molecule has 0 amide bonds. The van der Waals surface area contributed by atoms with Gasteiger partial charge in [-0.2, -0.15) is 0 Å². The van der Waals surface area contributed by atoms with Crippen LogP contribution in [0.4, 0.5) is 20.4 Å². The first-order valence-corrected chi connectivity index (χ1v) is 13.1. The fourth-order valence-electron chi connectivity index (χ4n) is 4.65. The lowest BCUT2D eigenvalue weighted by atomic mass is 9.93. The van der Waals surface area contributed by atoms with E-state index >= 15 is 0 Å². The summed E-state index contributed by atoms with van der Waals surface area (Å²) in [6.07, 6.45) is 4.57. The Labute approximate surface area is 217 Å². The Bertz CT molecular complexity index is 1580. The van der Waals surface area contributed by atoms with Gasteiger partial charge in [-0.05, 0) is 60.0 Å². The second kappa shape index (κ2) is 9.86. The van der Waals surface area contributed by atoms with Crippen molar-refractivity contribution in [3.05, 3.63) is 101 Å². The van der Waals surface area contributed by atoms with E-state index in [4.69, 9.17) is 0 Å². The molecule has 1 saturated heterocycles. The van der Waals surface area contributed by atoms with Gasteiger partial charge in [-0.25, -0.2) is 23.7 Å². The highest BCUT2D eigenvalue weighted by Gasteiger charge is 2.19. The predicted molar refractivity (Wildman–Crippen MR) is 145 cm³/mol. The lowest BCUT2D eigenvalue weighted by molar-refractivity contribution is 0.506. The monoisotopic (exact) mass is 513 g/mol. The molecule has 1 aliphatic rings. The van der Waals surface area contributed by atoms with Crippen molar-refractivity contribution >= 4 is 33.9 Å². The fraction of sp³-hybridized carbons (Fsp3) is 0.207. The minimum Gasteiger partial charge on any atom is -0.365 e. The summed E-state index contributed by atoms with van der Waals surface area (Å²) in [7, 11) is 0. The Hall–Kier alpha value is -3.91. The molecule has 0 unspecified atom stereocenters. The number of halogens is 2. The number of rotatable bonds is 7. The number of benzene rings is 2. The van der Waals surface area contributed by atoms with Gasteiger partial charge in [0, 0.05) is 45.9 Å². The number of pyridine rings is 1. The zero-order valence-corrected chi connectivity index (χ0v) is 21.1. The van der Waals surface area contributed by atoms with Gasteiger partial charge in [0.25, 0.3) is 0 Å². The molecule has 0 bridgehead atoms. The minimum atomic E-state index is -0.843. The summed E-state index contributed by atoms with van der Waals surface area (Å²) in [5.74, 6) is -0.0902. The van der Waals surface area contributed by atoms with Gasteiger partial charge >= 0.3 is 0 Å². The molecule has 1 atom stereocenters. The van der Waals surface area contributed by atoms with Crippen molar-refractivity contribution in [3.8, 4) is 10.4 Å². The Balaban J connectivity index is 1.21. The lowest BCUT2D eigenvalue weighted by Crippen LogP contribution is -2.37. The van der Waals surface area contributed by atoms with Gasteiger partial charge in [0.15, 0.2) is 11.6 Å². The van der Waals surface area contributed by atoms with Crippen molar-refractivity contribution in [2.45, 2.75) is 25.8 Å². The largest absolute Gasteiger partial charge is 0.365 e. The van der Waals surface area contributed by atoms with Crippen LogP contribution in [0.15, 0.2) is 73.2 Å². The predicted octanol–water partition coefficient (Wildman–Crippen LogP) is 7.01. The third-order valence-electron chi connectivity index (χ3n) is 6.90. The Morgan fingerprint density at radius 3 is 2.68 bits per heavy atom. The van der Waals surface area contributed by atoms with Crippen molar-refractivity contribution in [2.24, 2.45) is 0 Å². The average Bonchev–Trinajstić information content (AvgIpc) is 3.37. The first-order chi connectivity index (χ1) is 18.1. The molecule has 1 aliphatic heterocycles. The quantitative estimate of drug-likeness (QED) is 0.254. The standard InChI is InChI=1S/C29H25F2N5S/c1-18(19-5-8-24(30)25(31)15-19)22-4-2-11-32-28(22)33-16-21-7-10-27(37-21)20-6-9-26-23(14-20)29(35-17-34-26)36-12-3-13-36/h2,4-11,14-15,17-18H,3,12-13,16H2,1H3,(H,32,33)/t18-/m0/s1. The van der Waals surface area contributed by atoms with Crippen LogP contribution in [-0.2, 0) is 6.54 Å². The maximum atomic E-state index is 13.8. The van der Waals surface area contributed by atoms with E-state index in [1.165, 1.54) is 28.3 Å². The van der Waals surface area contributed by atoms with Crippen molar-refractivity contribution in [1.29, 1.82) is 0 Å². The maximum Gasteiger partial charge on any atom is 0.159 e. The normalized spacial score (nSPS) is 14.0. The number of nitrogens with zero attached hydrogens (tertiary/aromatic N) is 4. The SMILES string of the molecule is C[C@@H](c1ccc(F)c(F)c1)c1cccnc1NCc1ccc(-c2ccc3ncnc(N4CCC4)c3c2)s1. The first-order valence-electron chi connectivity index (χ1n) is 12.3. The van der Waals surface area contributed by atoms with Crippen LogP contribution in [0.2, 0.25) is 0 Å². The third-order valence-corrected chi connectivity index (χ3v) is 8.03. The molecule has 0 spiro atoms. The Morgan fingerprint density at radius 2 is 1.86 bits per heavy atom. The molecular formula is C29H25F2N5S. The summed E-state index contributed by atoms with van der Waals surface area (Å²) in [5.41, 5.74) is 3.73. The number of nitrogens with one attached hydrogen (secondary N) is 1. The van der Waals surface area contributed by atoms with Gasteiger partial charge in [0.05, 0.1) is 12.1 Å². The van der Waals surface area contributed by atoms with E-state index in [0.29, 0.717) is 12.1 Å². The average molecular weight is 514 g/mol. The highest BCUT2D eigenvalue weighted by Crippen LogP contribution is 2.35. The van der Waals surface area contributed by atoms with Crippen LogP contribution >= 0.6 is 11.3 Å². The Kier molecular flexibility index (Phi) is 6.26. The molecule has 4 heterocycles. The van der Waals surface area contributed by atoms with E-state index in [2.05, 4.69) is 55.5 Å². The number of anilines is 2. The molecule has 186 valence electrons. The van der Waals surface area contributed by atoms with Crippen LogP contribution in [-0.4, -0.2) is 28.0 Å². The zero-order valence-electron chi connectivity index (χ0n) is 20.3. The van der Waals surface area contributed by atoms with E-state index < -0.39 is 11.6 Å². The second-order valence-corrected chi connectivity index (χ2v) is 10.4. The second-order valence-electron chi connectivity index (χ2n) is 9.23. The highest BCUT2D eigenvalue weighted by molar-refractivity contribution is 7.15. The van der Waals surface area contributed by atoms with Gasteiger partial charge in [0.2, 0.25) is 0 Å². The first kappa shape index (κ1) is 23.5. The molecule has 0 radical (unpaired) electrons. The molecule has 0 saturated carbocycles. The van der Waals surface area contributed by atoms with Crippen molar-refractivity contribution in [2.75, 3.05) is 23.3 Å². The van der Waals surface area contributed by atoms with Crippen molar-refractivity contribution < 1.29 is 8.78 Å². The van der Waals surface area contributed by atoms with E-state index in [9.17, 15) is 8.78 Å². The number of fused-ring (bicyclic) bond motifs is 1. The summed E-state index contributed by atoms with van der Waals surface area (Å²) < 4.78 is 27.2.